The van der Waals surface area contributed by atoms with Gasteiger partial charge in [0, 0.05) is 32.4 Å². The largest absolute Gasteiger partial charge is 0.417 e. The standard InChI is InChI=1S/C20H22ClF3N4O/c1-14(15-5-3-2-4-6-15)26-18(29)13-27-7-9-28(10-8-27)19-17(21)11-16(12-25-19)20(22,23)24/h2-6,11-12,14H,7-10,13H2,1H3,(H,26,29)/t14-/m1/s1. The van der Waals surface area contributed by atoms with Crippen molar-refractivity contribution in [2.75, 3.05) is 37.6 Å². The molecule has 0 bridgehead atoms. The molecule has 1 atom stereocenters. The van der Waals surface area contributed by atoms with Gasteiger partial charge >= 0.3 is 6.18 Å². The van der Waals surface area contributed by atoms with Gasteiger partial charge in [-0.25, -0.2) is 4.98 Å². The SMILES string of the molecule is C[C@@H](NC(=O)CN1CCN(c2ncc(C(F)(F)F)cc2Cl)CC1)c1ccccc1. The molecule has 156 valence electrons. The van der Waals surface area contributed by atoms with Gasteiger partial charge in [0.15, 0.2) is 0 Å². The molecule has 1 amide bonds. The second-order valence-electron chi connectivity index (χ2n) is 6.99. The smallest absolute Gasteiger partial charge is 0.353 e. The Labute approximate surface area is 172 Å². The van der Waals surface area contributed by atoms with E-state index in [4.69, 9.17) is 11.6 Å². The predicted molar refractivity (Wildman–Crippen MR) is 106 cm³/mol. The molecule has 1 aromatic carbocycles. The maximum absolute atomic E-state index is 12.8. The van der Waals surface area contributed by atoms with E-state index in [0.29, 0.717) is 32.0 Å². The fourth-order valence-electron chi connectivity index (χ4n) is 3.25. The number of alkyl halides is 3. The van der Waals surface area contributed by atoms with Crippen molar-refractivity contribution < 1.29 is 18.0 Å². The molecule has 0 aliphatic carbocycles. The van der Waals surface area contributed by atoms with E-state index in [9.17, 15) is 18.0 Å². The lowest BCUT2D eigenvalue weighted by Gasteiger charge is -2.35. The summed E-state index contributed by atoms with van der Waals surface area (Å²) < 4.78 is 38.3. The lowest BCUT2D eigenvalue weighted by molar-refractivity contribution is -0.137. The first-order valence-electron chi connectivity index (χ1n) is 9.28. The zero-order valence-corrected chi connectivity index (χ0v) is 16.7. The molecule has 1 aliphatic heterocycles. The molecule has 1 aromatic heterocycles. The van der Waals surface area contributed by atoms with Crippen LogP contribution in [0, 0.1) is 0 Å². The van der Waals surface area contributed by atoms with Crippen molar-refractivity contribution in [3.05, 3.63) is 58.7 Å². The summed E-state index contributed by atoms with van der Waals surface area (Å²) in [5.41, 5.74) is 0.169. The minimum atomic E-state index is -4.47. The van der Waals surface area contributed by atoms with Gasteiger partial charge in [-0.2, -0.15) is 13.2 Å². The van der Waals surface area contributed by atoms with Gasteiger partial charge in [-0.1, -0.05) is 41.9 Å². The third kappa shape index (κ3) is 5.61. The number of hydrogen-bond donors (Lipinski definition) is 1. The Hall–Kier alpha value is -2.32. The van der Waals surface area contributed by atoms with Gasteiger partial charge < -0.3 is 10.2 Å². The van der Waals surface area contributed by atoms with Crippen LogP contribution in [0.2, 0.25) is 5.02 Å². The first-order valence-corrected chi connectivity index (χ1v) is 9.66. The van der Waals surface area contributed by atoms with Crippen LogP contribution in [0.3, 0.4) is 0 Å². The van der Waals surface area contributed by atoms with Gasteiger partial charge in [0.2, 0.25) is 5.91 Å². The summed E-state index contributed by atoms with van der Waals surface area (Å²) in [6.45, 7) is 4.43. The van der Waals surface area contributed by atoms with Crippen molar-refractivity contribution in [3.63, 3.8) is 0 Å². The Balaban J connectivity index is 1.51. The molecule has 2 aromatic rings. The highest BCUT2D eigenvalue weighted by Gasteiger charge is 2.32. The van der Waals surface area contributed by atoms with Gasteiger partial charge in [0.1, 0.15) is 5.82 Å². The molecule has 3 rings (SSSR count). The summed E-state index contributed by atoms with van der Waals surface area (Å²) in [6, 6.07) is 10.5. The van der Waals surface area contributed by atoms with E-state index in [2.05, 4.69) is 10.3 Å². The van der Waals surface area contributed by atoms with Crippen LogP contribution in [-0.2, 0) is 11.0 Å². The van der Waals surface area contributed by atoms with Crippen LogP contribution < -0.4 is 10.2 Å². The maximum atomic E-state index is 12.8. The molecule has 29 heavy (non-hydrogen) atoms. The van der Waals surface area contributed by atoms with E-state index in [-0.39, 0.29) is 23.5 Å². The van der Waals surface area contributed by atoms with Gasteiger partial charge in [0.25, 0.3) is 0 Å². The number of carbonyl (C=O) groups is 1. The number of pyridine rings is 1. The molecular weight excluding hydrogens is 405 g/mol. The molecule has 0 unspecified atom stereocenters. The van der Waals surface area contributed by atoms with Crippen LogP contribution in [0.5, 0.6) is 0 Å². The third-order valence-electron chi connectivity index (χ3n) is 4.87. The summed E-state index contributed by atoms with van der Waals surface area (Å²) in [4.78, 5) is 20.1. The number of nitrogens with one attached hydrogen (secondary N) is 1. The third-order valence-corrected chi connectivity index (χ3v) is 5.14. The van der Waals surface area contributed by atoms with E-state index in [0.717, 1.165) is 17.8 Å². The van der Waals surface area contributed by atoms with Crippen LogP contribution in [0.4, 0.5) is 19.0 Å². The maximum Gasteiger partial charge on any atom is 0.417 e. The highest BCUT2D eigenvalue weighted by atomic mass is 35.5. The lowest BCUT2D eigenvalue weighted by atomic mass is 10.1. The molecule has 2 heterocycles. The van der Waals surface area contributed by atoms with Crippen molar-refractivity contribution in [1.29, 1.82) is 0 Å². The molecule has 5 nitrogen and oxygen atoms in total. The summed E-state index contributed by atoms with van der Waals surface area (Å²) in [6.07, 6.45) is -3.68. The molecule has 0 saturated carbocycles. The Kier molecular flexibility index (Phi) is 6.64. The monoisotopic (exact) mass is 426 g/mol. The zero-order valence-electron chi connectivity index (χ0n) is 15.9. The van der Waals surface area contributed by atoms with E-state index >= 15 is 0 Å². The number of rotatable bonds is 5. The minimum absolute atomic E-state index is 0.0253. The number of halogens is 4. The van der Waals surface area contributed by atoms with Crippen molar-refractivity contribution in [1.82, 2.24) is 15.2 Å². The van der Waals surface area contributed by atoms with E-state index in [1.54, 1.807) is 0 Å². The van der Waals surface area contributed by atoms with Crippen LogP contribution in [0.1, 0.15) is 24.1 Å². The normalized spacial score (nSPS) is 16.5. The van der Waals surface area contributed by atoms with Crippen molar-refractivity contribution in [2.45, 2.75) is 19.1 Å². The fourth-order valence-corrected chi connectivity index (χ4v) is 3.54. The van der Waals surface area contributed by atoms with Crippen LogP contribution in [0.15, 0.2) is 42.6 Å². The zero-order chi connectivity index (χ0) is 21.0. The Morgan fingerprint density at radius 2 is 1.86 bits per heavy atom. The Morgan fingerprint density at radius 3 is 2.45 bits per heavy atom. The van der Waals surface area contributed by atoms with Gasteiger partial charge in [-0.05, 0) is 18.6 Å². The first-order chi connectivity index (χ1) is 13.7. The fraction of sp³-hybridized carbons (Fsp3) is 0.400. The minimum Gasteiger partial charge on any atom is -0.353 e. The molecule has 0 radical (unpaired) electrons. The molecule has 1 fully saturated rings. The summed E-state index contributed by atoms with van der Waals surface area (Å²) in [5.74, 6) is 0.266. The second kappa shape index (κ2) is 9.00. The number of amides is 1. The highest BCUT2D eigenvalue weighted by molar-refractivity contribution is 6.33. The number of carbonyl (C=O) groups excluding carboxylic acids is 1. The second-order valence-corrected chi connectivity index (χ2v) is 7.40. The van der Waals surface area contributed by atoms with Gasteiger partial charge in [-0.15, -0.1) is 0 Å². The Bertz CT molecular complexity index is 839. The number of anilines is 1. The number of hydrogen-bond acceptors (Lipinski definition) is 4. The van der Waals surface area contributed by atoms with Crippen molar-refractivity contribution in [2.24, 2.45) is 0 Å². The van der Waals surface area contributed by atoms with Crippen LogP contribution in [-0.4, -0.2) is 48.5 Å². The molecule has 1 saturated heterocycles. The first kappa shape index (κ1) is 21.4. The molecular formula is C20H22ClF3N4O. The van der Waals surface area contributed by atoms with E-state index in [1.165, 1.54) is 0 Å². The number of nitrogens with zero attached hydrogens (tertiary/aromatic N) is 3. The number of aromatic nitrogens is 1. The lowest BCUT2D eigenvalue weighted by Crippen LogP contribution is -2.50. The van der Waals surface area contributed by atoms with Gasteiger partial charge in [-0.3, -0.25) is 9.69 Å². The average molecular weight is 427 g/mol. The average Bonchev–Trinajstić information content (AvgIpc) is 2.68. The summed E-state index contributed by atoms with van der Waals surface area (Å²) in [7, 11) is 0. The summed E-state index contributed by atoms with van der Waals surface area (Å²) >= 11 is 6.02. The topological polar surface area (TPSA) is 48.5 Å². The van der Waals surface area contributed by atoms with Gasteiger partial charge in [0.05, 0.1) is 23.2 Å². The summed E-state index contributed by atoms with van der Waals surface area (Å²) in [5, 5.41) is 2.96. The van der Waals surface area contributed by atoms with Crippen molar-refractivity contribution >= 4 is 23.3 Å². The van der Waals surface area contributed by atoms with E-state index in [1.807, 2.05) is 47.1 Å². The van der Waals surface area contributed by atoms with E-state index < -0.39 is 11.7 Å². The molecule has 1 N–H and O–H groups in total. The molecule has 9 heteroatoms. The highest BCUT2D eigenvalue weighted by Crippen LogP contribution is 2.33. The van der Waals surface area contributed by atoms with Crippen LogP contribution in [0.25, 0.3) is 0 Å². The number of benzene rings is 1. The molecule has 1 aliphatic rings. The quantitative estimate of drug-likeness (QED) is 0.791. The van der Waals surface area contributed by atoms with Crippen LogP contribution >= 0.6 is 11.6 Å². The number of piperazine rings is 1. The molecule has 0 spiro atoms. The Morgan fingerprint density at radius 1 is 1.21 bits per heavy atom. The van der Waals surface area contributed by atoms with Crippen molar-refractivity contribution in [3.8, 4) is 0 Å². The predicted octanol–water partition coefficient (Wildman–Crippen LogP) is 3.75.